The first kappa shape index (κ1) is 26.8. The van der Waals surface area contributed by atoms with Gasteiger partial charge >= 0.3 is 0 Å². The number of aromatic amines is 2. The van der Waals surface area contributed by atoms with Gasteiger partial charge in [0, 0.05) is 37.0 Å². The van der Waals surface area contributed by atoms with Gasteiger partial charge in [-0.3, -0.25) is 0 Å². The van der Waals surface area contributed by atoms with Crippen molar-refractivity contribution < 1.29 is 0 Å². The van der Waals surface area contributed by atoms with Crippen LogP contribution < -0.4 is 21.3 Å². The van der Waals surface area contributed by atoms with E-state index in [0.29, 0.717) is 10.2 Å². The van der Waals surface area contributed by atoms with Crippen LogP contribution in [0.1, 0.15) is 71.4 Å². The molecule has 0 saturated heterocycles. The average molecular weight is 497 g/mol. The molecule has 2 aromatic heterocycles. The van der Waals surface area contributed by atoms with E-state index in [-0.39, 0.29) is 10.8 Å². The molecule has 2 rings (SSSR count). The van der Waals surface area contributed by atoms with Crippen LogP contribution in [0.3, 0.4) is 0 Å². The van der Waals surface area contributed by atoms with Crippen LogP contribution in [-0.2, 0) is 10.8 Å². The Kier molecular flexibility index (Phi) is 10.8. The van der Waals surface area contributed by atoms with E-state index in [4.69, 9.17) is 24.4 Å². The summed E-state index contributed by atoms with van der Waals surface area (Å²) in [5.74, 6) is 1.60. The normalized spacial score (nSPS) is 11.8. The first-order valence-electron chi connectivity index (χ1n) is 11.2. The van der Waals surface area contributed by atoms with Gasteiger partial charge in [-0.1, -0.05) is 27.7 Å². The zero-order valence-corrected chi connectivity index (χ0v) is 21.5. The summed E-state index contributed by atoms with van der Waals surface area (Å²) >= 11 is 10.7. The van der Waals surface area contributed by atoms with Crippen molar-refractivity contribution in [3.63, 3.8) is 0 Å². The number of hydrogen-bond acceptors (Lipinski definition) is 8. The Morgan fingerprint density at radius 3 is 1.36 bits per heavy atom. The molecule has 0 spiro atoms. The molecule has 14 heteroatoms. The predicted octanol–water partition coefficient (Wildman–Crippen LogP) is 0.847. The second kappa shape index (κ2) is 13.3. The topological polar surface area (TPSA) is 157 Å². The fraction of sp³-hybridized carbons (Fsp3) is 0.789. The molecule has 0 amide bonds. The monoisotopic (exact) mass is 496 g/mol. The zero-order valence-electron chi connectivity index (χ0n) is 19.9. The van der Waals surface area contributed by atoms with Crippen LogP contribution in [0.5, 0.6) is 0 Å². The van der Waals surface area contributed by atoms with E-state index < -0.39 is 0 Å². The van der Waals surface area contributed by atoms with E-state index in [9.17, 15) is 0 Å². The number of thiocarbonyl (C=S) groups is 2. The predicted molar refractivity (Wildman–Crippen MR) is 135 cm³/mol. The summed E-state index contributed by atoms with van der Waals surface area (Å²) in [6, 6.07) is 0. The molecule has 0 aromatic carbocycles. The Labute approximate surface area is 205 Å². The molecule has 2 heterocycles. The fourth-order valence-corrected chi connectivity index (χ4v) is 3.62. The molecule has 2 aromatic rings. The second-order valence-electron chi connectivity index (χ2n) is 9.19. The molecule has 0 fully saturated rings. The molecular weight excluding hydrogens is 460 g/mol. The summed E-state index contributed by atoms with van der Waals surface area (Å²) in [6.07, 6.45) is 4.72. The van der Waals surface area contributed by atoms with Crippen LogP contribution in [0.4, 0.5) is 0 Å². The molecule has 0 unspecified atom stereocenters. The first-order valence-corrected chi connectivity index (χ1v) is 12.0. The van der Waals surface area contributed by atoms with E-state index in [1.807, 2.05) is 0 Å². The second-order valence-corrected chi connectivity index (χ2v) is 10.0. The van der Waals surface area contributed by atoms with Gasteiger partial charge in [0.15, 0.2) is 21.9 Å². The number of nitrogens with one attached hydrogen (secondary N) is 6. The maximum atomic E-state index is 5.34. The molecule has 33 heavy (non-hydrogen) atoms. The third-order valence-corrected chi connectivity index (χ3v) is 6.00. The van der Waals surface area contributed by atoms with Gasteiger partial charge < -0.3 is 21.3 Å². The van der Waals surface area contributed by atoms with Gasteiger partial charge in [-0.15, -0.1) is 10.2 Å². The van der Waals surface area contributed by atoms with E-state index in [0.717, 1.165) is 69.9 Å². The lowest BCUT2D eigenvalue weighted by atomic mass is 9.87. The van der Waals surface area contributed by atoms with Crippen LogP contribution >= 0.6 is 24.4 Å². The summed E-state index contributed by atoms with van der Waals surface area (Å²) in [6.45, 7) is 11.6. The lowest BCUT2D eigenvalue weighted by molar-refractivity contribution is 0.434. The van der Waals surface area contributed by atoms with Crippen molar-refractivity contribution in [1.82, 2.24) is 62.5 Å². The molecule has 184 valence electrons. The molecule has 0 atom stereocenters. The van der Waals surface area contributed by atoms with Gasteiger partial charge in [0.2, 0.25) is 0 Å². The summed E-state index contributed by atoms with van der Waals surface area (Å²) in [5, 5.41) is 42.6. The van der Waals surface area contributed by atoms with Crippen molar-refractivity contribution in [2.75, 3.05) is 26.2 Å². The van der Waals surface area contributed by atoms with Crippen molar-refractivity contribution in [2.45, 2.75) is 70.6 Å². The number of tetrazole rings is 2. The molecule has 0 aliphatic heterocycles. The molecule has 0 aliphatic rings. The molecule has 12 nitrogen and oxygen atoms in total. The molecule has 0 aliphatic carbocycles. The standard InChI is InChI=1S/C19H36N12S2/c1-18(2,14-24-28-29-25-14)8-5-10-20-16(32)22-12-7-13-23-17(33)21-11-6-9-19(3,4)15-26-30-31-27-15/h5-13H2,1-4H3,(H2,20,22,32)(H2,21,23,33)(H,24,25,28,29)(H,26,27,30,31). The van der Waals surface area contributed by atoms with Crippen LogP contribution in [0.15, 0.2) is 0 Å². The Balaban J connectivity index is 1.44. The minimum atomic E-state index is -0.0943. The third kappa shape index (κ3) is 9.90. The maximum Gasteiger partial charge on any atom is 0.166 e. The maximum absolute atomic E-state index is 5.34. The Morgan fingerprint density at radius 1 is 0.667 bits per heavy atom. The fourth-order valence-electron chi connectivity index (χ4n) is 3.21. The zero-order chi connectivity index (χ0) is 24.2. The van der Waals surface area contributed by atoms with E-state index in [1.165, 1.54) is 0 Å². The lowest BCUT2D eigenvalue weighted by Crippen LogP contribution is -2.39. The van der Waals surface area contributed by atoms with Crippen molar-refractivity contribution in [3.8, 4) is 0 Å². The summed E-state index contributed by atoms with van der Waals surface area (Å²) in [4.78, 5) is 0. The van der Waals surface area contributed by atoms with Gasteiger partial charge in [-0.05, 0) is 77.4 Å². The number of H-pyrrole nitrogens is 2. The van der Waals surface area contributed by atoms with Crippen molar-refractivity contribution in [2.24, 2.45) is 0 Å². The Bertz CT molecular complexity index is 752. The van der Waals surface area contributed by atoms with Gasteiger partial charge in [0.05, 0.1) is 0 Å². The summed E-state index contributed by atoms with van der Waals surface area (Å²) in [7, 11) is 0. The van der Waals surface area contributed by atoms with Crippen molar-refractivity contribution in [3.05, 3.63) is 11.6 Å². The minimum Gasteiger partial charge on any atom is -0.363 e. The van der Waals surface area contributed by atoms with Gasteiger partial charge in [0.1, 0.15) is 0 Å². The van der Waals surface area contributed by atoms with Crippen molar-refractivity contribution >= 4 is 34.7 Å². The summed E-state index contributed by atoms with van der Waals surface area (Å²) in [5.41, 5.74) is -0.189. The SMILES string of the molecule is CC(C)(CCCNC(=S)NCCCNC(=S)NCCCC(C)(C)c1nnn[nH]1)c1nnn[nH]1. The number of rotatable bonds is 14. The first-order chi connectivity index (χ1) is 15.7. The number of hydrogen-bond donors (Lipinski definition) is 6. The molecule has 0 saturated carbocycles. The molecular formula is C19H36N12S2. The number of aromatic nitrogens is 8. The van der Waals surface area contributed by atoms with E-state index in [1.54, 1.807) is 0 Å². The highest BCUT2D eigenvalue weighted by atomic mass is 32.1. The smallest absolute Gasteiger partial charge is 0.166 e. The highest BCUT2D eigenvalue weighted by molar-refractivity contribution is 7.80. The van der Waals surface area contributed by atoms with Crippen LogP contribution in [0.25, 0.3) is 0 Å². The molecule has 6 N–H and O–H groups in total. The van der Waals surface area contributed by atoms with Gasteiger partial charge in [-0.25, -0.2) is 10.2 Å². The quantitative estimate of drug-likeness (QED) is 0.162. The minimum absolute atomic E-state index is 0.0943. The Hall–Kier alpha value is -2.48. The third-order valence-electron chi connectivity index (χ3n) is 5.43. The van der Waals surface area contributed by atoms with Gasteiger partial charge in [0.25, 0.3) is 0 Å². The highest BCUT2D eigenvalue weighted by Gasteiger charge is 2.24. The molecule has 0 radical (unpaired) electrons. The van der Waals surface area contributed by atoms with Crippen LogP contribution in [0, 0.1) is 0 Å². The van der Waals surface area contributed by atoms with Crippen LogP contribution in [-0.4, -0.2) is 77.7 Å². The van der Waals surface area contributed by atoms with E-state index >= 15 is 0 Å². The number of nitrogens with zero attached hydrogens (tertiary/aromatic N) is 6. The molecule has 0 bridgehead atoms. The lowest BCUT2D eigenvalue weighted by Gasteiger charge is -2.21. The van der Waals surface area contributed by atoms with Gasteiger partial charge in [-0.2, -0.15) is 0 Å². The summed E-state index contributed by atoms with van der Waals surface area (Å²) < 4.78 is 0. The largest absolute Gasteiger partial charge is 0.363 e. The van der Waals surface area contributed by atoms with Crippen molar-refractivity contribution in [1.29, 1.82) is 0 Å². The van der Waals surface area contributed by atoms with Crippen LogP contribution in [0.2, 0.25) is 0 Å². The average Bonchev–Trinajstić information content (AvgIpc) is 3.49. The highest BCUT2D eigenvalue weighted by Crippen LogP contribution is 2.24. The Morgan fingerprint density at radius 2 is 1.03 bits per heavy atom. The van der Waals surface area contributed by atoms with E-state index in [2.05, 4.69) is 90.2 Å².